The molecule has 32 heavy (non-hydrogen) atoms. The second kappa shape index (κ2) is 9.75. The van der Waals surface area contributed by atoms with Crippen LogP contribution in [0.25, 0.3) is 0 Å². The number of nitrogens with one attached hydrogen (secondary N) is 1. The molecule has 0 amide bonds. The quantitative estimate of drug-likeness (QED) is 0.383. The molecule has 1 aromatic rings. The molecule has 4 nitrogen and oxygen atoms in total. The molecule has 0 aromatic carbocycles. The molecule has 2 unspecified atom stereocenters. The number of ether oxygens (including phenoxy) is 1. The van der Waals surface area contributed by atoms with Gasteiger partial charge in [-0.05, 0) is 87.2 Å². The lowest BCUT2D eigenvalue weighted by Gasteiger charge is -2.57. The van der Waals surface area contributed by atoms with Crippen LogP contribution in [0.3, 0.4) is 0 Å². The molecule has 3 saturated carbocycles. The molecule has 1 heterocycles. The normalized spacial score (nSPS) is 33.7. The number of esters is 1. The highest BCUT2D eigenvalue weighted by Gasteiger charge is 2.57. The van der Waals surface area contributed by atoms with Gasteiger partial charge in [-0.3, -0.25) is 4.79 Å². The summed E-state index contributed by atoms with van der Waals surface area (Å²) in [6, 6.07) is 2.79. The summed E-state index contributed by atoms with van der Waals surface area (Å²) in [5, 5.41) is 3.73. The second-order valence-corrected chi connectivity index (χ2v) is 11.2. The Morgan fingerprint density at radius 2 is 1.97 bits per heavy atom. The fourth-order valence-electron chi connectivity index (χ4n) is 7.55. The van der Waals surface area contributed by atoms with Crippen LogP contribution in [-0.4, -0.2) is 19.1 Å². The number of rotatable bonds is 7. The fraction of sp³-hybridized carbons (Fsp3) is 0.750. The predicted octanol–water partition coefficient (Wildman–Crippen LogP) is 6.59. The lowest BCUT2D eigenvalue weighted by molar-refractivity contribution is -0.168. The lowest BCUT2D eigenvalue weighted by Crippen LogP contribution is -2.53. The van der Waals surface area contributed by atoms with E-state index in [2.05, 4.69) is 31.8 Å². The number of carbonyl (C=O) groups excluding carboxylic acids is 1. The molecule has 1 N–H and O–H groups in total. The summed E-state index contributed by atoms with van der Waals surface area (Å²) in [5.41, 5.74) is 2.45. The van der Waals surface area contributed by atoms with Crippen LogP contribution >= 0.6 is 0 Å². The molecule has 3 aliphatic rings. The summed E-state index contributed by atoms with van der Waals surface area (Å²) in [4.78, 5) is 12.8. The standard InChI is InChI=1S/C28H43NO3/c1-20-11-14-25-27(2,16-8-17-28(25,3)26(30)31-4)23(20)13-12-21-15-18-32-24(21)19-29-22-9-6-5-7-10-22/h15,18,22-23,25,29H,1,5-14,16-17,19H2,2-4H3/t23-,25?,27+,28?/m0/s1. The molecule has 4 atom stereocenters. The first-order valence-electron chi connectivity index (χ1n) is 12.9. The van der Waals surface area contributed by atoms with Crippen molar-refractivity contribution in [2.75, 3.05) is 7.11 Å². The molecule has 0 aliphatic heterocycles. The average Bonchev–Trinajstić information content (AvgIpc) is 3.24. The number of hydrogen-bond acceptors (Lipinski definition) is 4. The Labute approximate surface area is 194 Å². The summed E-state index contributed by atoms with van der Waals surface area (Å²) >= 11 is 0. The summed E-state index contributed by atoms with van der Waals surface area (Å²) in [6.07, 6.45) is 15.9. The molecular formula is C28H43NO3. The van der Waals surface area contributed by atoms with E-state index < -0.39 is 0 Å². The zero-order valence-electron chi connectivity index (χ0n) is 20.5. The van der Waals surface area contributed by atoms with Gasteiger partial charge >= 0.3 is 5.97 Å². The average molecular weight is 442 g/mol. The van der Waals surface area contributed by atoms with Gasteiger partial charge in [0.25, 0.3) is 0 Å². The number of aryl methyl sites for hydroxylation is 1. The Bertz CT molecular complexity index is 807. The van der Waals surface area contributed by atoms with Gasteiger partial charge in [-0.15, -0.1) is 0 Å². The summed E-state index contributed by atoms with van der Waals surface area (Å²) in [6.45, 7) is 9.92. The number of allylic oxidation sites excluding steroid dienone is 1. The zero-order valence-corrected chi connectivity index (χ0v) is 20.5. The van der Waals surface area contributed by atoms with Crippen LogP contribution in [0.5, 0.6) is 0 Å². The number of hydrogen-bond donors (Lipinski definition) is 1. The second-order valence-electron chi connectivity index (χ2n) is 11.2. The minimum absolute atomic E-state index is 0.0226. The van der Waals surface area contributed by atoms with Gasteiger partial charge in [0.05, 0.1) is 25.3 Å². The summed E-state index contributed by atoms with van der Waals surface area (Å²) in [5.74, 6) is 1.88. The first-order chi connectivity index (χ1) is 15.4. The van der Waals surface area contributed by atoms with Crippen LogP contribution in [0.4, 0.5) is 0 Å². The van der Waals surface area contributed by atoms with Gasteiger partial charge in [-0.1, -0.05) is 44.8 Å². The van der Waals surface area contributed by atoms with Gasteiger partial charge in [0.2, 0.25) is 0 Å². The third-order valence-corrected chi connectivity index (χ3v) is 9.37. The van der Waals surface area contributed by atoms with Crippen molar-refractivity contribution in [1.82, 2.24) is 5.32 Å². The SMILES string of the molecule is C=C1CCC2C(C)(C(=O)OC)CCC[C@]2(C)[C@H]1CCc1ccoc1CNC1CCCCC1. The third kappa shape index (κ3) is 4.44. The van der Waals surface area contributed by atoms with E-state index in [-0.39, 0.29) is 16.8 Å². The Morgan fingerprint density at radius 1 is 1.19 bits per heavy atom. The molecule has 3 fully saturated rings. The van der Waals surface area contributed by atoms with E-state index in [0.717, 1.165) is 50.8 Å². The van der Waals surface area contributed by atoms with Crippen molar-refractivity contribution in [2.24, 2.45) is 22.7 Å². The Hall–Kier alpha value is -1.55. The van der Waals surface area contributed by atoms with Crippen molar-refractivity contribution < 1.29 is 13.9 Å². The Kier molecular flexibility index (Phi) is 7.19. The van der Waals surface area contributed by atoms with Crippen LogP contribution in [0.1, 0.15) is 95.8 Å². The van der Waals surface area contributed by atoms with Gasteiger partial charge in [0.15, 0.2) is 0 Å². The van der Waals surface area contributed by atoms with Gasteiger partial charge in [0.1, 0.15) is 5.76 Å². The van der Waals surface area contributed by atoms with Gasteiger partial charge < -0.3 is 14.5 Å². The molecule has 178 valence electrons. The van der Waals surface area contributed by atoms with E-state index in [0.29, 0.717) is 17.9 Å². The molecule has 4 rings (SSSR count). The zero-order chi connectivity index (χ0) is 22.8. The van der Waals surface area contributed by atoms with E-state index in [1.807, 2.05) is 6.26 Å². The molecule has 0 bridgehead atoms. The van der Waals surface area contributed by atoms with Gasteiger partial charge in [-0.2, -0.15) is 0 Å². The maximum Gasteiger partial charge on any atom is 0.311 e. The molecule has 1 aromatic heterocycles. The third-order valence-electron chi connectivity index (χ3n) is 9.37. The highest BCUT2D eigenvalue weighted by Crippen LogP contribution is 2.62. The highest BCUT2D eigenvalue weighted by molar-refractivity contribution is 5.77. The van der Waals surface area contributed by atoms with Crippen molar-refractivity contribution in [1.29, 1.82) is 0 Å². The molecule has 0 radical (unpaired) electrons. The predicted molar refractivity (Wildman–Crippen MR) is 128 cm³/mol. The smallest absolute Gasteiger partial charge is 0.311 e. The van der Waals surface area contributed by atoms with Crippen LogP contribution in [0, 0.1) is 22.7 Å². The Morgan fingerprint density at radius 3 is 2.72 bits per heavy atom. The molecule has 0 saturated heterocycles. The van der Waals surface area contributed by atoms with E-state index >= 15 is 0 Å². The first-order valence-corrected chi connectivity index (χ1v) is 12.9. The highest BCUT2D eigenvalue weighted by atomic mass is 16.5. The van der Waals surface area contributed by atoms with E-state index in [4.69, 9.17) is 9.15 Å². The van der Waals surface area contributed by atoms with Crippen molar-refractivity contribution in [3.63, 3.8) is 0 Å². The van der Waals surface area contributed by atoms with E-state index in [1.54, 1.807) is 7.11 Å². The number of methoxy groups -OCH3 is 1. The summed E-state index contributed by atoms with van der Waals surface area (Å²) in [7, 11) is 1.54. The van der Waals surface area contributed by atoms with Crippen molar-refractivity contribution in [3.05, 3.63) is 35.8 Å². The molecule has 3 aliphatic carbocycles. The summed E-state index contributed by atoms with van der Waals surface area (Å²) < 4.78 is 11.2. The largest absolute Gasteiger partial charge is 0.469 e. The Balaban J connectivity index is 1.44. The van der Waals surface area contributed by atoms with Crippen LogP contribution in [-0.2, 0) is 22.5 Å². The van der Waals surface area contributed by atoms with Crippen molar-refractivity contribution in [3.8, 4) is 0 Å². The van der Waals surface area contributed by atoms with Gasteiger partial charge in [-0.25, -0.2) is 0 Å². The van der Waals surface area contributed by atoms with Crippen LogP contribution in [0.15, 0.2) is 28.9 Å². The first kappa shape index (κ1) is 23.6. The van der Waals surface area contributed by atoms with Crippen LogP contribution in [0.2, 0.25) is 0 Å². The maximum absolute atomic E-state index is 12.8. The van der Waals surface area contributed by atoms with Crippen LogP contribution < -0.4 is 5.32 Å². The minimum Gasteiger partial charge on any atom is -0.469 e. The molecular weight excluding hydrogens is 398 g/mol. The number of furan rings is 1. The minimum atomic E-state index is -0.370. The van der Waals surface area contributed by atoms with Crippen molar-refractivity contribution >= 4 is 5.97 Å². The molecule has 4 heteroatoms. The fourth-order valence-corrected chi connectivity index (χ4v) is 7.55. The number of fused-ring (bicyclic) bond motifs is 1. The monoisotopic (exact) mass is 441 g/mol. The molecule has 0 spiro atoms. The van der Waals surface area contributed by atoms with Gasteiger partial charge in [0, 0.05) is 6.04 Å². The lowest BCUT2D eigenvalue weighted by atomic mass is 9.46. The van der Waals surface area contributed by atoms with E-state index in [9.17, 15) is 4.79 Å². The number of carbonyl (C=O) groups is 1. The maximum atomic E-state index is 12.8. The van der Waals surface area contributed by atoms with Crippen molar-refractivity contribution in [2.45, 2.75) is 103 Å². The van der Waals surface area contributed by atoms with E-state index in [1.165, 1.54) is 49.7 Å². The topological polar surface area (TPSA) is 51.5 Å².